The maximum absolute atomic E-state index is 10.9. The van der Waals surface area contributed by atoms with Crippen molar-refractivity contribution in [1.29, 1.82) is 0 Å². The van der Waals surface area contributed by atoms with Gasteiger partial charge in [-0.25, -0.2) is 4.98 Å². The molecule has 0 unspecified atom stereocenters. The number of pyridine rings is 1. The Morgan fingerprint density at radius 3 is 2.48 bits per heavy atom. The fourth-order valence-corrected chi connectivity index (χ4v) is 1.71. The molecule has 0 atom stereocenters. The smallest absolute Gasteiger partial charge is 0.258 e. The lowest BCUT2D eigenvalue weighted by Gasteiger charge is -1.98. The third kappa shape index (κ3) is 4.17. The van der Waals surface area contributed by atoms with E-state index in [9.17, 15) is 20.2 Å². The third-order valence-electron chi connectivity index (χ3n) is 2.72. The summed E-state index contributed by atoms with van der Waals surface area (Å²) in [6, 6.07) is 8.99. The van der Waals surface area contributed by atoms with Crippen molar-refractivity contribution in [3.8, 4) is 0 Å². The SMILES string of the molecule is O=[N+]([O-])c1ccccc1/C=C/C=N\Nc1ncccc1[N+](=O)[O-]. The van der Waals surface area contributed by atoms with Crippen LogP contribution in [0.4, 0.5) is 17.2 Å². The number of nitro benzene ring substituents is 1. The summed E-state index contributed by atoms with van der Waals surface area (Å²) in [6.07, 6.45) is 5.70. The van der Waals surface area contributed by atoms with E-state index in [1.165, 1.54) is 42.8 Å². The van der Waals surface area contributed by atoms with E-state index >= 15 is 0 Å². The Bertz CT molecular complexity index is 788. The second kappa shape index (κ2) is 7.41. The molecule has 2 aromatic rings. The van der Waals surface area contributed by atoms with Crippen LogP contribution in [0.1, 0.15) is 5.56 Å². The summed E-state index contributed by atoms with van der Waals surface area (Å²) in [7, 11) is 0. The summed E-state index contributed by atoms with van der Waals surface area (Å²) >= 11 is 0. The van der Waals surface area contributed by atoms with Gasteiger partial charge in [-0.1, -0.05) is 12.1 Å². The molecule has 0 aliphatic carbocycles. The van der Waals surface area contributed by atoms with Crippen LogP contribution in [0.3, 0.4) is 0 Å². The van der Waals surface area contributed by atoms with Gasteiger partial charge in [0.15, 0.2) is 0 Å². The molecule has 0 amide bonds. The van der Waals surface area contributed by atoms with Crippen molar-refractivity contribution in [2.24, 2.45) is 5.10 Å². The summed E-state index contributed by atoms with van der Waals surface area (Å²) in [6.45, 7) is 0. The molecule has 0 aliphatic heterocycles. The van der Waals surface area contributed by atoms with Crippen molar-refractivity contribution < 1.29 is 9.85 Å². The van der Waals surface area contributed by atoms with Crippen LogP contribution in [-0.2, 0) is 0 Å². The maximum atomic E-state index is 10.9. The van der Waals surface area contributed by atoms with E-state index in [4.69, 9.17) is 0 Å². The average molecular weight is 313 g/mol. The molecule has 0 aliphatic rings. The molecule has 0 bridgehead atoms. The first-order valence-corrected chi connectivity index (χ1v) is 6.38. The highest BCUT2D eigenvalue weighted by Crippen LogP contribution is 2.20. The number of nitro groups is 2. The third-order valence-corrected chi connectivity index (χ3v) is 2.72. The summed E-state index contributed by atoms with van der Waals surface area (Å²) in [4.78, 5) is 24.4. The Kier molecular flexibility index (Phi) is 5.08. The molecule has 116 valence electrons. The molecule has 0 radical (unpaired) electrons. The van der Waals surface area contributed by atoms with Crippen LogP contribution in [0.5, 0.6) is 0 Å². The van der Waals surface area contributed by atoms with E-state index in [2.05, 4.69) is 15.5 Å². The summed E-state index contributed by atoms with van der Waals surface area (Å²) in [5, 5.41) is 25.4. The van der Waals surface area contributed by atoms with E-state index in [0.29, 0.717) is 5.56 Å². The van der Waals surface area contributed by atoms with E-state index < -0.39 is 9.85 Å². The minimum atomic E-state index is -0.575. The molecule has 1 heterocycles. The normalized spacial score (nSPS) is 11.0. The van der Waals surface area contributed by atoms with Crippen LogP contribution in [0.2, 0.25) is 0 Å². The lowest BCUT2D eigenvalue weighted by atomic mass is 10.2. The van der Waals surface area contributed by atoms with Gasteiger partial charge in [-0.05, 0) is 24.3 Å². The number of allylic oxidation sites excluding steroid dienone is 1. The second-order valence-corrected chi connectivity index (χ2v) is 4.19. The number of hydrogen-bond donors (Lipinski definition) is 1. The molecule has 2 rings (SSSR count). The molecular formula is C14H11N5O4. The first-order chi connectivity index (χ1) is 11.1. The molecule has 0 saturated heterocycles. The van der Waals surface area contributed by atoms with Crippen molar-refractivity contribution in [3.63, 3.8) is 0 Å². The number of para-hydroxylation sites is 1. The van der Waals surface area contributed by atoms with Crippen LogP contribution in [0.15, 0.2) is 53.8 Å². The highest BCUT2D eigenvalue weighted by atomic mass is 16.6. The Hall–Kier alpha value is -3.62. The van der Waals surface area contributed by atoms with Gasteiger partial charge in [0.1, 0.15) is 0 Å². The first kappa shape index (κ1) is 15.8. The van der Waals surface area contributed by atoms with Crippen molar-refractivity contribution >= 4 is 29.5 Å². The zero-order valence-corrected chi connectivity index (χ0v) is 11.7. The zero-order chi connectivity index (χ0) is 16.7. The molecular weight excluding hydrogens is 302 g/mol. The highest BCUT2D eigenvalue weighted by Gasteiger charge is 2.12. The Balaban J connectivity index is 2.06. The Labute approximate surface area is 130 Å². The molecule has 9 nitrogen and oxygen atoms in total. The Morgan fingerprint density at radius 1 is 1.04 bits per heavy atom. The highest BCUT2D eigenvalue weighted by molar-refractivity contribution is 5.80. The number of benzene rings is 1. The van der Waals surface area contributed by atoms with Crippen LogP contribution < -0.4 is 5.43 Å². The predicted molar refractivity (Wildman–Crippen MR) is 85.1 cm³/mol. The van der Waals surface area contributed by atoms with Gasteiger partial charge < -0.3 is 0 Å². The van der Waals surface area contributed by atoms with Gasteiger partial charge >= 0.3 is 5.69 Å². The monoisotopic (exact) mass is 313 g/mol. The van der Waals surface area contributed by atoms with E-state index in [1.54, 1.807) is 18.2 Å². The lowest BCUT2D eigenvalue weighted by Crippen LogP contribution is -1.98. The summed E-state index contributed by atoms with van der Waals surface area (Å²) < 4.78 is 0. The molecule has 1 aromatic heterocycles. The standard InChI is InChI=1S/C14H11N5O4/c20-18(21)12-7-2-1-5-11(12)6-3-10-16-17-14-13(19(22)23)8-4-9-15-14/h1-10H,(H,15,17)/b6-3+,16-10-. The minimum absolute atomic E-state index is 0.00726. The zero-order valence-electron chi connectivity index (χ0n) is 11.7. The van der Waals surface area contributed by atoms with Gasteiger partial charge in [0.05, 0.1) is 15.4 Å². The quantitative estimate of drug-likeness (QED) is 0.496. The fourth-order valence-electron chi connectivity index (χ4n) is 1.71. The number of rotatable bonds is 6. The number of hydrogen-bond acceptors (Lipinski definition) is 7. The van der Waals surface area contributed by atoms with Gasteiger partial charge in [0, 0.05) is 24.5 Å². The van der Waals surface area contributed by atoms with Gasteiger partial charge in [0.2, 0.25) is 5.82 Å². The average Bonchev–Trinajstić information content (AvgIpc) is 2.55. The first-order valence-electron chi connectivity index (χ1n) is 6.38. The molecule has 0 spiro atoms. The van der Waals surface area contributed by atoms with Crippen LogP contribution in [0.25, 0.3) is 6.08 Å². The van der Waals surface area contributed by atoms with E-state index in [0.717, 1.165) is 0 Å². The van der Waals surface area contributed by atoms with Crippen LogP contribution in [0, 0.1) is 20.2 Å². The fraction of sp³-hybridized carbons (Fsp3) is 0. The van der Waals surface area contributed by atoms with Gasteiger partial charge in [0.25, 0.3) is 5.69 Å². The van der Waals surface area contributed by atoms with Gasteiger partial charge in [-0.15, -0.1) is 0 Å². The van der Waals surface area contributed by atoms with Gasteiger partial charge in [-0.3, -0.25) is 25.7 Å². The van der Waals surface area contributed by atoms with Crippen molar-refractivity contribution in [3.05, 3.63) is 74.5 Å². The molecule has 0 saturated carbocycles. The lowest BCUT2D eigenvalue weighted by molar-refractivity contribution is -0.385. The van der Waals surface area contributed by atoms with Crippen molar-refractivity contribution in [1.82, 2.24) is 4.98 Å². The number of nitrogens with one attached hydrogen (secondary N) is 1. The molecule has 1 N–H and O–H groups in total. The number of nitrogens with zero attached hydrogens (tertiary/aromatic N) is 4. The molecule has 23 heavy (non-hydrogen) atoms. The largest absolute Gasteiger partial charge is 0.313 e. The number of aromatic nitrogens is 1. The number of anilines is 1. The van der Waals surface area contributed by atoms with Crippen LogP contribution in [-0.4, -0.2) is 21.0 Å². The predicted octanol–water partition coefficient (Wildman–Crippen LogP) is 3.01. The van der Waals surface area contributed by atoms with Crippen molar-refractivity contribution in [2.45, 2.75) is 0 Å². The van der Waals surface area contributed by atoms with Crippen molar-refractivity contribution in [2.75, 3.05) is 5.43 Å². The van der Waals surface area contributed by atoms with Crippen LogP contribution >= 0.6 is 0 Å². The Morgan fingerprint density at radius 2 is 1.74 bits per heavy atom. The molecule has 1 aromatic carbocycles. The summed E-state index contributed by atoms with van der Waals surface area (Å²) in [5.74, 6) is 0.00726. The topological polar surface area (TPSA) is 124 Å². The van der Waals surface area contributed by atoms with E-state index in [-0.39, 0.29) is 17.2 Å². The number of hydrazone groups is 1. The van der Waals surface area contributed by atoms with E-state index in [1.807, 2.05) is 0 Å². The second-order valence-electron chi connectivity index (χ2n) is 4.19. The van der Waals surface area contributed by atoms with Gasteiger partial charge in [-0.2, -0.15) is 5.10 Å². The summed E-state index contributed by atoms with van der Waals surface area (Å²) in [5.41, 5.74) is 2.65. The minimum Gasteiger partial charge on any atom is -0.258 e. The molecule has 0 fully saturated rings. The maximum Gasteiger partial charge on any atom is 0.313 e. The molecule has 9 heteroatoms.